The topological polar surface area (TPSA) is 15.6 Å². The summed E-state index contributed by atoms with van der Waals surface area (Å²) in [6.07, 6.45) is 0.876. The molecule has 0 saturated heterocycles. The van der Waals surface area contributed by atoms with Crippen LogP contribution in [0, 0.1) is 0 Å². The van der Waals surface area contributed by atoms with Crippen molar-refractivity contribution in [2.75, 3.05) is 5.01 Å². The maximum Gasteiger partial charge on any atom is 0.0831 e. The van der Waals surface area contributed by atoms with Crippen LogP contribution in [0.4, 0.5) is 5.69 Å². The number of benzene rings is 3. The Morgan fingerprint density at radius 2 is 1.42 bits per heavy atom. The molecule has 3 aromatic rings. The summed E-state index contributed by atoms with van der Waals surface area (Å²) in [5.41, 5.74) is 4.59. The number of halogens is 1. The van der Waals surface area contributed by atoms with Gasteiger partial charge in [-0.05, 0) is 35.4 Å². The Labute approximate surface area is 147 Å². The molecule has 1 atom stereocenters. The zero-order valence-electron chi connectivity index (χ0n) is 13.1. The van der Waals surface area contributed by atoms with Gasteiger partial charge in [0.2, 0.25) is 0 Å². The molecule has 0 amide bonds. The van der Waals surface area contributed by atoms with Gasteiger partial charge in [-0.2, -0.15) is 5.10 Å². The van der Waals surface area contributed by atoms with Crippen LogP contribution in [0.15, 0.2) is 90.0 Å². The van der Waals surface area contributed by atoms with E-state index in [0.29, 0.717) is 0 Å². The predicted molar refractivity (Wildman–Crippen MR) is 101 cm³/mol. The second-order valence-electron chi connectivity index (χ2n) is 5.86. The zero-order valence-corrected chi connectivity index (χ0v) is 13.9. The number of para-hydroxylation sites is 1. The molecular weight excluding hydrogens is 316 g/mol. The van der Waals surface area contributed by atoms with Crippen LogP contribution < -0.4 is 5.01 Å². The van der Waals surface area contributed by atoms with Crippen molar-refractivity contribution < 1.29 is 0 Å². The van der Waals surface area contributed by atoms with Gasteiger partial charge in [0.05, 0.1) is 17.4 Å². The average molecular weight is 333 g/mol. The first-order valence-corrected chi connectivity index (χ1v) is 8.42. The van der Waals surface area contributed by atoms with Gasteiger partial charge < -0.3 is 0 Å². The summed E-state index contributed by atoms with van der Waals surface area (Å²) in [7, 11) is 0. The van der Waals surface area contributed by atoms with Gasteiger partial charge >= 0.3 is 0 Å². The summed E-state index contributed by atoms with van der Waals surface area (Å²) in [6.45, 7) is 0. The molecule has 24 heavy (non-hydrogen) atoms. The Morgan fingerprint density at radius 1 is 0.792 bits per heavy atom. The molecule has 0 saturated carbocycles. The average Bonchev–Trinajstić information content (AvgIpc) is 3.09. The van der Waals surface area contributed by atoms with E-state index in [1.807, 2.05) is 48.5 Å². The number of hydrogen-bond acceptors (Lipinski definition) is 2. The fraction of sp³-hybridized carbons (Fsp3) is 0.0952. The van der Waals surface area contributed by atoms with E-state index < -0.39 is 0 Å². The third kappa shape index (κ3) is 2.93. The summed E-state index contributed by atoms with van der Waals surface area (Å²) in [4.78, 5) is 0. The normalized spacial score (nSPS) is 17.0. The lowest BCUT2D eigenvalue weighted by Gasteiger charge is -2.23. The number of rotatable bonds is 3. The standard InChI is InChI=1S/C21H17ClN2/c22-18-13-11-16(12-14-18)20-15-21(17-7-3-1-4-8-17)24(23-20)19-9-5-2-6-10-19/h1-14,21H,15H2/t21-/m0/s1. The molecular formula is C21H17ClN2. The molecule has 4 rings (SSSR count). The van der Waals surface area contributed by atoms with Gasteiger partial charge in [-0.1, -0.05) is 72.3 Å². The van der Waals surface area contributed by atoms with Crippen molar-refractivity contribution in [3.63, 3.8) is 0 Å². The first-order chi connectivity index (χ1) is 11.8. The maximum atomic E-state index is 6.02. The number of hydrogen-bond donors (Lipinski definition) is 0. The molecule has 0 unspecified atom stereocenters. The molecule has 0 fully saturated rings. The summed E-state index contributed by atoms with van der Waals surface area (Å²) in [5, 5.41) is 7.79. The van der Waals surface area contributed by atoms with E-state index >= 15 is 0 Å². The molecule has 3 aromatic carbocycles. The van der Waals surface area contributed by atoms with Gasteiger partial charge in [0, 0.05) is 11.4 Å². The minimum atomic E-state index is 0.208. The van der Waals surface area contributed by atoms with Gasteiger partial charge in [-0.3, -0.25) is 5.01 Å². The molecule has 118 valence electrons. The number of anilines is 1. The summed E-state index contributed by atoms with van der Waals surface area (Å²) in [6, 6.07) is 29.0. The minimum absolute atomic E-state index is 0.208. The molecule has 2 nitrogen and oxygen atoms in total. The van der Waals surface area contributed by atoms with Crippen molar-refractivity contribution in [2.45, 2.75) is 12.5 Å². The van der Waals surface area contributed by atoms with E-state index in [0.717, 1.165) is 28.4 Å². The number of hydrazone groups is 1. The van der Waals surface area contributed by atoms with Crippen molar-refractivity contribution in [1.29, 1.82) is 0 Å². The summed E-state index contributed by atoms with van der Waals surface area (Å²) in [5.74, 6) is 0. The molecule has 0 N–H and O–H groups in total. The van der Waals surface area contributed by atoms with E-state index in [2.05, 4.69) is 41.4 Å². The SMILES string of the molecule is Clc1ccc(C2=NN(c3ccccc3)[C@H](c3ccccc3)C2)cc1. The van der Waals surface area contributed by atoms with Crippen LogP contribution in [0.1, 0.15) is 23.6 Å². The van der Waals surface area contributed by atoms with Gasteiger partial charge in [0.1, 0.15) is 0 Å². The fourth-order valence-electron chi connectivity index (χ4n) is 3.08. The van der Waals surface area contributed by atoms with E-state index in [4.69, 9.17) is 16.7 Å². The Kier molecular flexibility index (Phi) is 4.06. The van der Waals surface area contributed by atoms with Gasteiger partial charge in [-0.15, -0.1) is 0 Å². The second kappa shape index (κ2) is 6.50. The molecule has 1 aliphatic heterocycles. The second-order valence-corrected chi connectivity index (χ2v) is 6.30. The lowest BCUT2D eigenvalue weighted by Crippen LogP contribution is -2.18. The van der Waals surface area contributed by atoms with Gasteiger partial charge in [0.25, 0.3) is 0 Å². The summed E-state index contributed by atoms with van der Waals surface area (Å²) >= 11 is 6.02. The van der Waals surface area contributed by atoms with E-state index in [-0.39, 0.29) is 6.04 Å². The Bertz CT molecular complexity index is 842. The third-order valence-electron chi connectivity index (χ3n) is 4.29. The van der Waals surface area contributed by atoms with Crippen LogP contribution >= 0.6 is 11.6 Å². The Balaban J connectivity index is 1.74. The lowest BCUT2D eigenvalue weighted by atomic mass is 9.98. The molecule has 0 bridgehead atoms. The van der Waals surface area contributed by atoms with Crippen LogP contribution in [0.2, 0.25) is 5.02 Å². The highest BCUT2D eigenvalue weighted by Gasteiger charge is 2.29. The van der Waals surface area contributed by atoms with Crippen LogP contribution in [0.25, 0.3) is 0 Å². The quantitative estimate of drug-likeness (QED) is 0.601. The summed E-state index contributed by atoms with van der Waals surface area (Å²) < 4.78 is 0. The first kappa shape index (κ1) is 15.0. The third-order valence-corrected chi connectivity index (χ3v) is 4.54. The van der Waals surface area contributed by atoms with Crippen molar-refractivity contribution in [3.8, 4) is 0 Å². The lowest BCUT2D eigenvalue weighted by molar-refractivity contribution is 0.709. The smallest absolute Gasteiger partial charge is 0.0831 e. The Morgan fingerprint density at radius 3 is 2.08 bits per heavy atom. The van der Waals surface area contributed by atoms with Crippen molar-refractivity contribution in [1.82, 2.24) is 0 Å². The molecule has 1 aliphatic rings. The van der Waals surface area contributed by atoms with Gasteiger partial charge in [0.15, 0.2) is 0 Å². The van der Waals surface area contributed by atoms with Crippen molar-refractivity contribution in [3.05, 3.63) is 101 Å². The minimum Gasteiger partial charge on any atom is -0.257 e. The molecule has 0 radical (unpaired) electrons. The predicted octanol–water partition coefficient (Wildman–Crippen LogP) is 5.70. The molecule has 0 aliphatic carbocycles. The van der Waals surface area contributed by atoms with Crippen LogP contribution in [0.5, 0.6) is 0 Å². The zero-order chi connectivity index (χ0) is 16.4. The maximum absolute atomic E-state index is 6.02. The number of nitrogens with zero attached hydrogens (tertiary/aromatic N) is 2. The molecule has 1 heterocycles. The fourth-order valence-corrected chi connectivity index (χ4v) is 3.21. The highest BCUT2D eigenvalue weighted by Crippen LogP contribution is 2.36. The van der Waals surface area contributed by atoms with E-state index in [9.17, 15) is 0 Å². The highest BCUT2D eigenvalue weighted by atomic mass is 35.5. The Hall–Kier alpha value is -2.58. The van der Waals surface area contributed by atoms with Crippen LogP contribution in [-0.4, -0.2) is 5.71 Å². The van der Waals surface area contributed by atoms with Crippen molar-refractivity contribution >= 4 is 23.0 Å². The van der Waals surface area contributed by atoms with E-state index in [1.54, 1.807) is 0 Å². The van der Waals surface area contributed by atoms with Gasteiger partial charge in [-0.25, -0.2) is 0 Å². The van der Waals surface area contributed by atoms with Crippen molar-refractivity contribution in [2.24, 2.45) is 5.10 Å². The largest absolute Gasteiger partial charge is 0.257 e. The van der Waals surface area contributed by atoms with Crippen LogP contribution in [-0.2, 0) is 0 Å². The van der Waals surface area contributed by atoms with Crippen LogP contribution in [0.3, 0.4) is 0 Å². The van der Waals surface area contributed by atoms with E-state index in [1.165, 1.54) is 5.56 Å². The molecule has 3 heteroatoms. The molecule has 0 spiro atoms. The first-order valence-electron chi connectivity index (χ1n) is 8.04. The monoisotopic (exact) mass is 332 g/mol. The highest BCUT2D eigenvalue weighted by molar-refractivity contribution is 6.30. The molecule has 0 aromatic heterocycles.